The number of pyridine rings is 1. The number of halogens is 1. The summed E-state index contributed by atoms with van der Waals surface area (Å²) in [6, 6.07) is 5.87. The van der Waals surface area contributed by atoms with Crippen LogP contribution < -0.4 is 5.73 Å². The van der Waals surface area contributed by atoms with Crippen molar-refractivity contribution in [1.29, 1.82) is 0 Å². The molecule has 2 aromatic heterocycles. The zero-order valence-corrected chi connectivity index (χ0v) is 8.57. The molecule has 0 saturated carbocycles. The second-order valence-electron chi connectivity index (χ2n) is 2.94. The normalized spacial score (nSPS) is 10.1. The first-order valence-corrected chi connectivity index (χ1v) is 4.40. The van der Waals surface area contributed by atoms with Crippen LogP contribution in [0.3, 0.4) is 0 Å². The highest BCUT2D eigenvalue weighted by molar-refractivity contribution is 5.85. The SMILES string of the molecule is Cl.NCCCc1nnc2ccccn12. The van der Waals surface area contributed by atoms with Crippen LogP contribution in [-0.4, -0.2) is 21.1 Å². The predicted molar refractivity (Wildman–Crippen MR) is 57.6 cm³/mol. The first-order valence-electron chi connectivity index (χ1n) is 4.40. The molecule has 0 atom stereocenters. The Morgan fingerprint density at radius 2 is 2.14 bits per heavy atom. The minimum absolute atomic E-state index is 0. The van der Waals surface area contributed by atoms with Gasteiger partial charge < -0.3 is 5.73 Å². The predicted octanol–water partition coefficient (Wildman–Crippen LogP) is 1.04. The average Bonchev–Trinajstić information content (AvgIpc) is 2.58. The second kappa shape index (κ2) is 4.93. The summed E-state index contributed by atoms with van der Waals surface area (Å²) >= 11 is 0. The van der Waals surface area contributed by atoms with Crippen molar-refractivity contribution in [3.05, 3.63) is 30.2 Å². The van der Waals surface area contributed by atoms with E-state index < -0.39 is 0 Å². The van der Waals surface area contributed by atoms with Gasteiger partial charge in [0.05, 0.1) is 0 Å². The van der Waals surface area contributed by atoms with Crippen LogP contribution in [0.1, 0.15) is 12.2 Å². The molecule has 76 valence electrons. The van der Waals surface area contributed by atoms with Crippen molar-refractivity contribution < 1.29 is 0 Å². The molecule has 0 aliphatic heterocycles. The average molecular weight is 213 g/mol. The van der Waals surface area contributed by atoms with Crippen molar-refractivity contribution >= 4 is 18.1 Å². The van der Waals surface area contributed by atoms with Gasteiger partial charge in [0.2, 0.25) is 0 Å². The maximum Gasteiger partial charge on any atom is 0.160 e. The monoisotopic (exact) mass is 212 g/mol. The number of hydrogen-bond acceptors (Lipinski definition) is 3. The van der Waals surface area contributed by atoms with Crippen molar-refractivity contribution in [2.75, 3.05) is 6.54 Å². The lowest BCUT2D eigenvalue weighted by Gasteiger charge is -1.96. The van der Waals surface area contributed by atoms with Crippen LogP contribution in [0.4, 0.5) is 0 Å². The maximum atomic E-state index is 5.43. The van der Waals surface area contributed by atoms with Crippen molar-refractivity contribution in [3.63, 3.8) is 0 Å². The van der Waals surface area contributed by atoms with Crippen LogP contribution >= 0.6 is 12.4 Å². The molecule has 2 N–H and O–H groups in total. The molecule has 0 unspecified atom stereocenters. The van der Waals surface area contributed by atoms with Gasteiger partial charge in [-0.2, -0.15) is 0 Å². The molecule has 0 amide bonds. The number of hydrogen-bond donors (Lipinski definition) is 1. The number of fused-ring (bicyclic) bond motifs is 1. The van der Waals surface area contributed by atoms with Crippen molar-refractivity contribution in [2.24, 2.45) is 5.73 Å². The summed E-state index contributed by atoms with van der Waals surface area (Å²) in [5.41, 5.74) is 6.33. The molecule has 4 nitrogen and oxygen atoms in total. The molecule has 0 saturated heterocycles. The third kappa shape index (κ3) is 2.02. The van der Waals surface area contributed by atoms with E-state index in [2.05, 4.69) is 10.2 Å². The highest BCUT2D eigenvalue weighted by Gasteiger charge is 2.02. The van der Waals surface area contributed by atoms with E-state index in [9.17, 15) is 0 Å². The molecule has 0 fully saturated rings. The van der Waals surface area contributed by atoms with Gasteiger partial charge in [0.25, 0.3) is 0 Å². The summed E-state index contributed by atoms with van der Waals surface area (Å²) in [4.78, 5) is 0. The van der Waals surface area contributed by atoms with Gasteiger partial charge in [-0.25, -0.2) is 0 Å². The van der Waals surface area contributed by atoms with Gasteiger partial charge in [0, 0.05) is 12.6 Å². The molecule has 0 radical (unpaired) electrons. The topological polar surface area (TPSA) is 56.2 Å². The van der Waals surface area contributed by atoms with E-state index in [4.69, 9.17) is 5.73 Å². The number of rotatable bonds is 3. The first kappa shape index (κ1) is 10.9. The van der Waals surface area contributed by atoms with Crippen LogP contribution in [-0.2, 0) is 6.42 Å². The van der Waals surface area contributed by atoms with E-state index in [1.54, 1.807) is 0 Å². The third-order valence-electron chi connectivity index (χ3n) is 1.99. The molecule has 2 rings (SSSR count). The molecular weight excluding hydrogens is 200 g/mol. The summed E-state index contributed by atoms with van der Waals surface area (Å²) in [6.45, 7) is 0.696. The Morgan fingerprint density at radius 3 is 2.93 bits per heavy atom. The van der Waals surface area contributed by atoms with Gasteiger partial charge in [-0.3, -0.25) is 4.40 Å². The van der Waals surface area contributed by atoms with Crippen molar-refractivity contribution in [3.8, 4) is 0 Å². The molecule has 0 bridgehead atoms. The van der Waals surface area contributed by atoms with Gasteiger partial charge >= 0.3 is 0 Å². The van der Waals surface area contributed by atoms with Gasteiger partial charge in [-0.15, -0.1) is 22.6 Å². The fraction of sp³-hybridized carbons (Fsp3) is 0.333. The molecule has 2 heterocycles. The van der Waals surface area contributed by atoms with Crippen LogP contribution in [0.2, 0.25) is 0 Å². The highest BCUT2D eigenvalue weighted by Crippen LogP contribution is 2.04. The number of aromatic nitrogens is 3. The van der Waals surface area contributed by atoms with E-state index >= 15 is 0 Å². The zero-order valence-electron chi connectivity index (χ0n) is 7.76. The summed E-state index contributed by atoms with van der Waals surface area (Å²) in [5, 5.41) is 8.13. The Morgan fingerprint density at radius 1 is 1.29 bits per heavy atom. The lowest BCUT2D eigenvalue weighted by atomic mass is 10.3. The molecular formula is C9H13ClN4. The molecule has 0 aliphatic rings. The molecule has 14 heavy (non-hydrogen) atoms. The van der Waals surface area contributed by atoms with E-state index in [-0.39, 0.29) is 12.4 Å². The number of nitrogens with two attached hydrogens (primary N) is 1. The van der Waals surface area contributed by atoms with Crippen LogP contribution in [0.15, 0.2) is 24.4 Å². The van der Waals surface area contributed by atoms with Gasteiger partial charge in [-0.1, -0.05) is 6.07 Å². The number of nitrogens with zero attached hydrogens (tertiary/aromatic N) is 3. The largest absolute Gasteiger partial charge is 0.330 e. The fourth-order valence-electron chi connectivity index (χ4n) is 1.32. The smallest absolute Gasteiger partial charge is 0.160 e. The van der Waals surface area contributed by atoms with Crippen LogP contribution in [0.5, 0.6) is 0 Å². The Hall–Kier alpha value is -1.13. The quantitative estimate of drug-likeness (QED) is 0.827. The summed E-state index contributed by atoms with van der Waals surface area (Å²) in [6.07, 6.45) is 3.82. The molecule has 2 aromatic rings. The third-order valence-corrected chi connectivity index (χ3v) is 1.99. The second-order valence-corrected chi connectivity index (χ2v) is 2.94. The van der Waals surface area contributed by atoms with E-state index in [0.717, 1.165) is 24.3 Å². The van der Waals surface area contributed by atoms with Gasteiger partial charge in [0.15, 0.2) is 5.65 Å². The summed E-state index contributed by atoms with van der Waals surface area (Å²) < 4.78 is 2.00. The fourth-order valence-corrected chi connectivity index (χ4v) is 1.32. The molecule has 0 aromatic carbocycles. The minimum Gasteiger partial charge on any atom is -0.330 e. The Kier molecular flexibility index (Phi) is 3.85. The number of aryl methyl sites for hydroxylation is 1. The molecule has 0 spiro atoms. The van der Waals surface area contributed by atoms with Crippen LogP contribution in [0.25, 0.3) is 5.65 Å². The summed E-state index contributed by atoms with van der Waals surface area (Å²) in [7, 11) is 0. The Balaban J connectivity index is 0.000000980. The van der Waals surface area contributed by atoms with E-state index in [1.807, 2.05) is 28.8 Å². The molecule has 5 heteroatoms. The van der Waals surface area contributed by atoms with E-state index in [0.29, 0.717) is 6.54 Å². The van der Waals surface area contributed by atoms with Crippen molar-refractivity contribution in [2.45, 2.75) is 12.8 Å². The Bertz CT molecular complexity index is 398. The van der Waals surface area contributed by atoms with Crippen molar-refractivity contribution in [1.82, 2.24) is 14.6 Å². The molecule has 0 aliphatic carbocycles. The standard InChI is InChI=1S/C9H12N4.ClH/c10-6-3-5-9-12-11-8-4-1-2-7-13(8)9;/h1-2,4,7H,3,5-6,10H2;1H. The minimum atomic E-state index is 0. The maximum absolute atomic E-state index is 5.43. The van der Waals surface area contributed by atoms with Gasteiger partial charge in [-0.05, 0) is 25.1 Å². The Labute approximate surface area is 88.5 Å². The first-order chi connectivity index (χ1) is 6.42. The lowest BCUT2D eigenvalue weighted by molar-refractivity contribution is 0.770. The zero-order chi connectivity index (χ0) is 9.10. The van der Waals surface area contributed by atoms with Gasteiger partial charge in [0.1, 0.15) is 5.82 Å². The van der Waals surface area contributed by atoms with E-state index in [1.165, 1.54) is 0 Å². The van der Waals surface area contributed by atoms with Crippen LogP contribution in [0, 0.1) is 0 Å². The summed E-state index contributed by atoms with van der Waals surface area (Å²) in [5.74, 6) is 0.987. The lowest BCUT2D eigenvalue weighted by Crippen LogP contribution is -2.02. The highest BCUT2D eigenvalue weighted by atomic mass is 35.5.